The van der Waals surface area contributed by atoms with Crippen molar-refractivity contribution >= 4 is 21.9 Å². The van der Waals surface area contributed by atoms with E-state index in [9.17, 15) is 9.90 Å². The average Bonchev–Trinajstić information content (AvgIpc) is 2.23. The minimum absolute atomic E-state index is 0.0561. The maximum absolute atomic E-state index is 11.3. The summed E-state index contributed by atoms with van der Waals surface area (Å²) in [6, 6.07) is 0. The second-order valence-electron chi connectivity index (χ2n) is 6.33. The number of hydrogen-bond acceptors (Lipinski definition) is 1. The van der Waals surface area contributed by atoms with Gasteiger partial charge < -0.3 is 5.11 Å². The van der Waals surface area contributed by atoms with Crippen molar-refractivity contribution in [3.05, 3.63) is 0 Å². The van der Waals surface area contributed by atoms with Crippen LogP contribution in [0.5, 0.6) is 0 Å². The van der Waals surface area contributed by atoms with Crippen molar-refractivity contribution < 1.29 is 9.90 Å². The zero-order chi connectivity index (χ0) is 11.5. The van der Waals surface area contributed by atoms with Gasteiger partial charge in [-0.3, -0.25) is 4.79 Å². The fourth-order valence-electron chi connectivity index (χ4n) is 5.04. The summed E-state index contributed by atoms with van der Waals surface area (Å²) in [7, 11) is 0. The summed E-state index contributed by atoms with van der Waals surface area (Å²) < 4.78 is 0. The van der Waals surface area contributed by atoms with Gasteiger partial charge in [0.1, 0.15) is 4.83 Å². The molecule has 0 aliphatic heterocycles. The number of rotatable bonds is 2. The third kappa shape index (κ3) is 1.33. The fraction of sp³-hybridized carbons (Fsp3) is 0.923. The number of alkyl halides is 1. The maximum atomic E-state index is 11.3. The SMILES string of the molecule is CC1C2CC3CC(C2)CC1(C(Br)C(=O)O)C3. The highest BCUT2D eigenvalue weighted by atomic mass is 79.9. The molecule has 0 spiro atoms. The molecule has 0 amide bonds. The molecule has 0 aromatic rings. The molecule has 4 saturated carbocycles. The first-order valence-corrected chi connectivity index (χ1v) is 7.31. The van der Waals surface area contributed by atoms with Crippen molar-refractivity contribution in [2.24, 2.45) is 29.1 Å². The lowest BCUT2D eigenvalue weighted by atomic mass is 9.44. The molecule has 0 saturated heterocycles. The van der Waals surface area contributed by atoms with E-state index < -0.39 is 5.97 Å². The quantitative estimate of drug-likeness (QED) is 0.791. The normalized spacial score (nSPS) is 51.6. The van der Waals surface area contributed by atoms with Crippen molar-refractivity contribution in [2.45, 2.75) is 43.9 Å². The molecular formula is C13H19BrO2. The van der Waals surface area contributed by atoms with E-state index in [1.807, 2.05) is 0 Å². The summed E-state index contributed by atoms with van der Waals surface area (Å²) in [6.07, 6.45) is 6.37. The molecule has 0 aromatic heterocycles. The molecule has 4 aliphatic carbocycles. The molecule has 0 aromatic carbocycles. The number of aliphatic carboxylic acids is 1. The summed E-state index contributed by atoms with van der Waals surface area (Å²) in [5.41, 5.74) is 0.0561. The first kappa shape index (κ1) is 11.1. The Bertz CT molecular complexity index is 314. The Morgan fingerprint density at radius 3 is 2.38 bits per heavy atom. The Morgan fingerprint density at radius 1 is 1.31 bits per heavy atom. The molecule has 4 unspecified atom stereocenters. The lowest BCUT2D eigenvalue weighted by Crippen LogP contribution is -2.57. The van der Waals surface area contributed by atoms with Gasteiger partial charge in [-0.05, 0) is 61.2 Å². The Balaban J connectivity index is 1.96. The first-order chi connectivity index (χ1) is 7.53. The molecule has 4 rings (SSSR count). The van der Waals surface area contributed by atoms with Crippen LogP contribution in [-0.4, -0.2) is 15.9 Å². The van der Waals surface area contributed by atoms with E-state index in [-0.39, 0.29) is 10.2 Å². The maximum Gasteiger partial charge on any atom is 0.317 e. The second-order valence-corrected chi connectivity index (χ2v) is 7.25. The molecule has 4 fully saturated rings. The van der Waals surface area contributed by atoms with E-state index in [1.165, 1.54) is 19.3 Å². The molecule has 16 heavy (non-hydrogen) atoms. The Labute approximate surface area is 105 Å². The lowest BCUT2D eigenvalue weighted by molar-refractivity contribution is -0.150. The van der Waals surface area contributed by atoms with E-state index in [0.717, 1.165) is 30.6 Å². The molecule has 4 bridgehead atoms. The van der Waals surface area contributed by atoms with Crippen molar-refractivity contribution in [2.75, 3.05) is 0 Å². The van der Waals surface area contributed by atoms with Gasteiger partial charge in [0, 0.05) is 0 Å². The van der Waals surface area contributed by atoms with Crippen LogP contribution in [0.2, 0.25) is 0 Å². The van der Waals surface area contributed by atoms with Gasteiger partial charge in [0.05, 0.1) is 0 Å². The van der Waals surface area contributed by atoms with E-state index in [4.69, 9.17) is 0 Å². The van der Waals surface area contributed by atoms with Crippen molar-refractivity contribution in [3.8, 4) is 0 Å². The standard InChI is InChI=1S/C13H19BrO2/c1-7-10-3-8-2-9(4-10)6-13(7,5-8)11(14)12(15)16/h7-11H,2-6H2,1H3,(H,15,16). The van der Waals surface area contributed by atoms with Crippen LogP contribution in [0.15, 0.2) is 0 Å². The number of carboxylic acid groups (broad SMARTS) is 1. The minimum atomic E-state index is -0.659. The first-order valence-electron chi connectivity index (χ1n) is 6.40. The third-order valence-electron chi connectivity index (χ3n) is 5.61. The fourth-order valence-corrected chi connectivity index (χ4v) is 5.83. The van der Waals surface area contributed by atoms with Crippen molar-refractivity contribution in [1.82, 2.24) is 0 Å². The number of carboxylic acids is 1. The van der Waals surface area contributed by atoms with Gasteiger partial charge in [0.15, 0.2) is 0 Å². The van der Waals surface area contributed by atoms with Gasteiger partial charge in [0.25, 0.3) is 0 Å². The average molecular weight is 287 g/mol. The van der Waals surface area contributed by atoms with Crippen LogP contribution in [0.3, 0.4) is 0 Å². The topological polar surface area (TPSA) is 37.3 Å². The molecule has 90 valence electrons. The smallest absolute Gasteiger partial charge is 0.317 e. The lowest BCUT2D eigenvalue weighted by Gasteiger charge is -2.61. The number of carbonyl (C=O) groups is 1. The number of halogens is 1. The van der Waals surface area contributed by atoms with E-state index in [1.54, 1.807) is 0 Å². The van der Waals surface area contributed by atoms with Gasteiger partial charge in [0.2, 0.25) is 0 Å². The summed E-state index contributed by atoms with van der Waals surface area (Å²) in [5.74, 6) is 2.35. The van der Waals surface area contributed by atoms with Gasteiger partial charge in [-0.25, -0.2) is 0 Å². The highest BCUT2D eigenvalue weighted by molar-refractivity contribution is 9.10. The predicted molar refractivity (Wildman–Crippen MR) is 65.5 cm³/mol. The highest BCUT2D eigenvalue weighted by Crippen LogP contribution is 2.65. The van der Waals surface area contributed by atoms with Crippen LogP contribution in [0.25, 0.3) is 0 Å². The van der Waals surface area contributed by atoms with E-state index >= 15 is 0 Å². The Kier molecular flexibility index (Phi) is 2.40. The molecule has 0 heterocycles. The third-order valence-corrected chi connectivity index (χ3v) is 6.92. The Morgan fingerprint density at radius 2 is 1.88 bits per heavy atom. The zero-order valence-corrected chi connectivity index (χ0v) is 11.2. The molecule has 4 aliphatic rings. The molecule has 4 atom stereocenters. The largest absolute Gasteiger partial charge is 0.480 e. The molecular weight excluding hydrogens is 268 g/mol. The van der Waals surface area contributed by atoms with Gasteiger partial charge >= 0.3 is 5.97 Å². The van der Waals surface area contributed by atoms with Crippen molar-refractivity contribution in [1.29, 1.82) is 0 Å². The summed E-state index contributed by atoms with van der Waals surface area (Å²) in [6.45, 7) is 2.29. The van der Waals surface area contributed by atoms with Gasteiger partial charge in [-0.2, -0.15) is 0 Å². The van der Waals surface area contributed by atoms with Crippen LogP contribution >= 0.6 is 15.9 Å². The highest BCUT2D eigenvalue weighted by Gasteiger charge is 2.59. The van der Waals surface area contributed by atoms with Crippen LogP contribution in [-0.2, 0) is 4.79 Å². The monoisotopic (exact) mass is 286 g/mol. The molecule has 0 radical (unpaired) electrons. The minimum Gasteiger partial charge on any atom is -0.480 e. The zero-order valence-electron chi connectivity index (χ0n) is 9.66. The Hall–Kier alpha value is -0.0500. The van der Waals surface area contributed by atoms with Crippen LogP contribution in [0.1, 0.15) is 39.0 Å². The van der Waals surface area contributed by atoms with Gasteiger partial charge in [-0.1, -0.05) is 22.9 Å². The molecule has 1 N–H and O–H groups in total. The van der Waals surface area contributed by atoms with E-state index in [0.29, 0.717) is 5.92 Å². The molecule has 3 heteroatoms. The van der Waals surface area contributed by atoms with Crippen LogP contribution < -0.4 is 0 Å². The number of hydrogen-bond donors (Lipinski definition) is 1. The summed E-state index contributed by atoms with van der Waals surface area (Å²) >= 11 is 3.47. The summed E-state index contributed by atoms with van der Waals surface area (Å²) in [5, 5.41) is 9.31. The predicted octanol–water partition coefficient (Wildman–Crippen LogP) is 3.30. The van der Waals surface area contributed by atoms with Crippen molar-refractivity contribution in [3.63, 3.8) is 0 Å². The van der Waals surface area contributed by atoms with Gasteiger partial charge in [-0.15, -0.1) is 0 Å². The van der Waals surface area contributed by atoms with Crippen LogP contribution in [0, 0.1) is 29.1 Å². The second kappa shape index (κ2) is 3.47. The summed E-state index contributed by atoms with van der Waals surface area (Å²) in [4.78, 5) is 11.0. The van der Waals surface area contributed by atoms with Crippen LogP contribution in [0.4, 0.5) is 0 Å². The van der Waals surface area contributed by atoms with E-state index in [2.05, 4.69) is 22.9 Å². The molecule has 2 nitrogen and oxygen atoms in total.